The maximum atomic E-state index is 5.86. The maximum absolute atomic E-state index is 5.86. The third kappa shape index (κ3) is 3.37. The van der Waals surface area contributed by atoms with Crippen molar-refractivity contribution in [2.24, 2.45) is 0 Å². The zero-order valence-electron chi connectivity index (χ0n) is 11.0. The molecular formula is C16H18NOS. The van der Waals surface area contributed by atoms with Crippen molar-refractivity contribution in [3.63, 3.8) is 0 Å². The van der Waals surface area contributed by atoms with Crippen LogP contribution in [-0.2, 0) is 0 Å². The van der Waals surface area contributed by atoms with E-state index >= 15 is 0 Å². The molecule has 1 aliphatic heterocycles. The molecule has 1 aromatic heterocycles. The molecule has 2 nitrogen and oxygen atoms in total. The van der Waals surface area contributed by atoms with Crippen LogP contribution in [0.25, 0.3) is 10.4 Å². The molecule has 1 saturated heterocycles. The fraction of sp³-hybridized carbons (Fsp3) is 0.375. The molecule has 3 rings (SSSR count). The first-order chi connectivity index (χ1) is 9.42. The third-order valence-corrected chi connectivity index (χ3v) is 4.31. The zero-order valence-corrected chi connectivity index (χ0v) is 11.8. The molecule has 0 spiro atoms. The lowest BCUT2D eigenvalue weighted by molar-refractivity contribution is 0.238. The van der Waals surface area contributed by atoms with Crippen LogP contribution in [0.1, 0.15) is 12.8 Å². The summed E-state index contributed by atoms with van der Waals surface area (Å²) >= 11 is 1.64. The van der Waals surface area contributed by atoms with Gasteiger partial charge in [0.05, 0.1) is 0 Å². The molecule has 1 aliphatic rings. The largest absolute Gasteiger partial charge is 0.492 e. The van der Waals surface area contributed by atoms with E-state index in [1.54, 1.807) is 11.3 Å². The van der Waals surface area contributed by atoms with Gasteiger partial charge in [0.2, 0.25) is 0 Å². The highest BCUT2D eigenvalue weighted by Gasteiger charge is 2.10. The average molecular weight is 272 g/mol. The van der Waals surface area contributed by atoms with Crippen LogP contribution in [0.5, 0.6) is 5.75 Å². The summed E-state index contributed by atoms with van der Waals surface area (Å²) in [5.41, 5.74) is 1.21. The van der Waals surface area contributed by atoms with Crippen LogP contribution in [0.15, 0.2) is 36.4 Å². The monoisotopic (exact) mass is 272 g/mol. The van der Waals surface area contributed by atoms with E-state index in [9.17, 15) is 0 Å². The Morgan fingerprint density at radius 2 is 2.11 bits per heavy atom. The highest BCUT2D eigenvalue weighted by Crippen LogP contribution is 2.27. The molecule has 3 heteroatoms. The Bertz CT molecular complexity index is 503. The summed E-state index contributed by atoms with van der Waals surface area (Å²) in [6.45, 7) is 4.28. The molecule has 1 fully saturated rings. The fourth-order valence-corrected chi connectivity index (χ4v) is 3.08. The fourth-order valence-electron chi connectivity index (χ4n) is 2.43. The van der Waals surface area contributed by atoms with E-state index in [4.69, 9.17) is 4.74 Å². The van der Waals surface area contributed by atoms with Gasteiger partial charge in [0, 0.05) is 16.8 Å². The molecule has 0 aliphatic carbocycles. The minimum Gasteiger partial charge on any atom is -0.492 e. The van der Waals surface area contributed by atoms with Gasteiger partial charge in [-0.25, -0.2) is 0 Å². The lowest BCUT2D eigenvalue weighted by Crippen LogP contribution is -2.25. The molecule has 0 bridgehead atoms. The molecule has 0 N–H and O–H groups in total. The van der Waals surface area contributed by atoms with Crippen molar-refractivity contribution in [3.05, 3.63) is 41.8 Å². The van der Waals surface area contributed by atoms with E-state index in [2.05, 4.69) is 34.5 Å². The second-order valence-corrected chi connectivity index (χ2v) is 5.72. The van der Waals surface area contributed by atoms with Crippen LogP contribution in [0.3, 0.4) is 0 Å². The van der Waals surface area contributed by atoms with E-state index in [0.29, 0.717) is 0 Å². The quantitative estimate of drug-likeness (QED) is 0.823. The van der Waals surface area contributed by atoms with E-state index in [-0.39, 0.29) is 0 Å². The normalized spacial score (nSPS) is 15.8. The Hall–Kier alpha value is -1.32. The van der Waals surface area contributed by atoms with E-state index < -0.39 is 0 Å². The minimum atomic E-state index is 0.778. The lowest BCUT2D eigenvalue weighted by Gasteiger charge is -2.15. The molecule has 0 amide bonds. The lowest BCUT2D eigenvalue weighted by atomic mass is 10.2. The summed E-state index contributed by atoms with van der Waals surface area (Å²) in [6, 6.07) is 12.4. The second-order valence-electron chi connectivity index (χ2n) is 4.84. The Balaban J connectivity index is 1.57. The first-order valence-electron chi connectivity index (χ1n) is 6.83. The molecule has 0 saturated carbocycles. The highest BCUT2D eigenvalue weighted by atomic mass is 32.1. The van der Waals surface area contributed by atoms with E-state index in [1.807, 2.05) is 12.1 Å². The standard InChI is InChI=1S/C16H18NOS/c1-2-9-17(8-1)10-11-18-15-6-3-5-14(13-15)16-7-4-12-19-16/h3-7,13H,1-2,8-11H2. The van der Waals surface area contributed by atoms with Crippen molar-refractivity contribution in [2.45, 2.75) is 12.8 Å². The van der Waals surface area contributed by atoms with Crippen molar-refractivity contribution >= 4 is 11.3 Å². The predicted octanol–water partition coefficient (Wildman–Crippen LogP) is 3.69. The molecule has 1 aromatic carbocycles. The number of thiophene rings is 1. The van der Waals surface area contributed by atoms with Crippen LogP contribution in [0.4, 0.5) is 0 Å². The summed E-state index contributed by atoms with van der Waals surface area (Å²) in [5.74, 6) is 0.963. The summed E-state index contributed by atoms with van der Waals surface area (Å²) in [7, 11) is 0. The summed E-state index contributed by atoms with van der Waals surface area (Å²) in [4.78, 5) is 3.71. The first-order valence-corrected chi connectivity index (χ1v) is 7.65. The smallest absolute Gasteiger partial charge is 0.120 e. The van der Waals surface area contributed by atoms with Crippen LogP contribution in [0, 0.1) is 5.38 Å². The van der Waals surface area contributed by atoms with Crippen molar-refractivity contribution in [2.75, 3.05) is 26.2 Å². The number of hydrogen-bond acceptors (Lipinski definition) is 3. The van der Waals surface area contributed by atoms with Gasteiger partial charge in [-0.15, -0.1) is 11.3 Å². The molecule has 2 aromatic rings. The number of ether oxygens (including phenoxy) is 1. The number of benzene rings is 1. The van der Waals surface area contributed by atoms with Crippen molar-refractivity contribution in [1.82, 2.24) is 4.90 Å². The van der Waals surface area contributed by atoms with Crippen molar-refractivity contribution in [1.29, 1.82) is 0 Å². The third-order valence-electron chi connectivity index (χ3n) is 3.47. The first kappa shape index (κ1) is 12.7. The van der Waals surface area contributed by atoms with E-state index in [0.717, 1.165) is 18.9 Å². The Labute approximate surface area is 118 Å². The number of rotatable bonds is 5. The van der Waals surface area contributed by atoms with Crippen molar-refractivity contribution in [3.8, 4) is 16.2 Å². The molecule has 99 valence electrons. The summed E-state index contributed by atoms with van der Waals surface area (Å²) in [5, 5.41) is 3.12. The maximum Gasteiger partial charge on any atom is 0.120 e. The Morgan fingerprint density at radius 1 is 1.21 bits per heavy atom. The molecular weight excluding hydrogens is 254 g/mol. The van der Waals surface area contributed by atoms with Crippen LogP contribution in [0.2, 0.25) is 0 Å². The number of nitrogens with zero attached hydrogens (tertiary/aromatic N) is 1. The molecule has 2 heterocycles. The molecule has 1 radical (unpaired) electrons. The van der Waals surface area contributed by atoms with Gasteiger partial charge in [-0.3, -0.25) is 4.90 Å². The van der Waals surface area contributed by atoms with E-state index in [1.165, 1.54) is 36.4 Å². The number of likely N-dealkylation sites (tertiary alicyclic amines) is 1. The SMILES string of the molecule is [c]1ccc(-c2cccc(OCCN3CCCC3)c2)s1. The van der Waals surface area contributed by atoms with Crippen molar-refractivity contribution < 1.29 is 4.74 Å². The average Bonchev–Trinajstić information content (AvgIpc) is 3.12. The topological polar surface area (TPSA) is 12.5 Å². The van der Waals surface area contributed by atoms with Gasteiger partial charge in [-0.2, -0.15) is 0 Å². The van der Waals surface area contributed by atoms with Gasteiger partial charge in [-0.1, -0.05) is 12.1 Å². The Kier molecular flexibility index (Phi) is 4.16. The minimum absolute atomic E-state index is 0.778. The van der Waals surface area contributed by atoms with Crippen LogP contribution in [-0.4, -0.2) is 31.1 Å². The van der Waals surface area contributed by atoms with Gasteiger partial charge in [0.15, 0.2) is 0 Å². The second kappa shape index (κ2) is 6.22. The van der Waals surface area contributed by atoms with Gasteiger partial charge in [-0.05, 0) is 55.8 Å². The molecule has 0 atom stereocenters. The zero-order chi connectivity index (χ0) is 12.9. The predicted molar refractivity (Wildman–Crippen MR) is 79.8 cm³/mol. The van der Waals surface area contributed by atoms with Gasteiger partial charge in [0.25, 0.3) is 0 Å². The van der Waals surface area contributed by atoms with Crippen LogP contribution >= 0.6 is 11.3 Å². The van der Waals surface area contributed by atoms with Crippen LogP contribution < -0.4 is 4.74 Å². The van der Waals surface area contributed by atoms with Gasteiger partial charge >= 0.3 is 0 Å². The summed E-state index contributed by atoms with van der Waals surface area (Å²) in [6.07, 6.45) is 2.68. The molecule has 0 unspecified atom stereocenters. The molecule has 19 heavy (non-hydrogen) atoms. The van der Waals surface area contributed by atoms with Gasteiger partial charge in [0.1, 0.15) is 12.4 Å². The van der Waals surface area contributed by atoms with Gasteiger partial charge < -0.3 is 4.74 Å². The number of hydrogen-bond donors (Lipinski definition) is 0. The summed E-state index contributed by atoms with van der Waals surface area (Å²) < 4.78 is 5.86. The highest BCUT2D eigenvalue weighted by molar-refractivity contribution is 7.13. The Morgan fingerprint density at radius 3 is 2.89 bits per heavy atom.